The van der Waals surface area contributed by atoms with Crippen LogP contribution < -0.4 is 0 Å². The summed E-state index contributed by atoms with van der Waals surface area (Å²) in [5, 5.41) is 0. The third-order valence-corrected chi connectivity index (χ3v) is 7.14. The number of allylic oxidation sites excluding steroid dienone is 1. The zero-order chi connectivity index (χ0) is 17.3. The van der Waals surface area contributed by atoms with Gasteiger partial charge in [0.15, 0.2) is 0 Å². The van der Waals surface area contributed by atoms with Crippen LogP contribution in [0, 0.1) is 28.6 Å². The lowest BCUT2D eigenvalue weighted by Crippen LogP contribution is -2.51. The van der Waals surface area contributed by atoms with E-state index in [1.54, 1.807) is 6.08 Å². The van der Waals surface area contributed by atoms with Crippen molar-refractivity contribution in [1.82, 2.24) is 0 Å². The Morgan fingerprint density at radius 2 is 1.91 bits per heavy atom. The second-order valence-electron chi connectivity index (χ2n) is 9.11. The highest BCUT2D eigenvalue weighted by Gasteiger charge is 2.53. The molecule has 0 aromatic carbocycles. The Hall–Kier alpha value is -0.790. The van der Waals surface area contributed by atoms with Crippen LogP contribution in [0.1, 0.15) is 79.6 Å². The number of rotatable bonds is 4. The number of ether oxygens (including phenoxy) is 1. The zero-order valence-electron chi connectivity index (χ0n) is 16.1. The summed E-state index contributed by atoms with van der Waals surface area (Å²) in [6.07, 6.45) is 10.8. The molecule has 4 atom stereocenters. The van der Waals surface area contributed by atoms with Crippen molar-refractivity contribution in [2.45, 2.75) is 79.6 Å². The van der Waals surface area contributed by atoms with Gasteiger partial charge in [-0.25, -0.2) is 4.79 Å². The van der Waals surface area contributed by atoms with E-state index < -0.39 is 0 Å². The van der Waals surface area contributed by atoms with E-state index in [1.165, 1.54) is 45.6 Å². The van der Waals surface area contributed by atoms with Gasteiger partial charge in [-0.3, -0.25) is 0 Å². The van der Waals surface area contributed by atoms with Crippen molar-refractivity contribution in [3.05, 3.63) is 11.6 Å². The van der Waals surface area contributed by atoms with Crippen LogP contribution in [0.15, 0.2) is 11.6 Å². The Labute approximate surface area is 143 Å². The first kappa shape index (κ1) is 18.5. The topological polar surface area (TPSA) is 26.3 Å². The summed E-state index contributed by atoms with van der Waals surface area (Å²) >= 11 is 0. The van der Waals surface area contributed by atoms with Gasteiger partial charge in [-0.1, -0.05) is 46.1 Å². The summed E-state index contributed by atoms with van der Waals surface area (Å²) in [5.74, 6) is 2.22. The lowest BCUT2D eigenvalue weighted by Gasteiger charge is -2.59. The molecule has 0 radical (unpaired) electrons. The normalized spacial score (nSPS) is 37.1. The van der Waals surface area contributed by atoms with Crippen molar-refractivity contribution in [2.75, 3.05) is 7.11 Å². The van der Waals surface area contributed by atoms with Crippen molar-refractivity contribution in [3.63, 3.8) is 0 Å². The van der Waals surface area contributed by atoms with E-state index in [9.17, 15) is 4.79 Å². The van der Waals surface area contributed by atoms with Crippen LogP contribution in [-0.4, -0.2) is 13.1 Å². The molecule has 2 heteroatoms. The van der Waals surface area contributed by atoms with Gasteiger partial charge in [-0.2, -0.15) is 0 Å². The molecule has 2 saturated carbocycles. The first-order chi connectivity index (χ1) is 10.7. The maximum atomic E-state index is 11.4. The van der Waals surface area contributed by atoms with Crippen molar-refractivity contribution in [2.24, 2.45) is 28.6 Å². The molecule has 0 bridgehead atoms. The molecule has 2 aliphatic rings. The van der Waals surface area contributed by atoms with Gasteiger partial charge in [-0.15, -0.1) is 0 Å². The lowest BCUT2D eigenvalue weighted by atomic mass is 9.46. The average Bonchev–Trinajstić information content (AvgIpc) is 2.45. The monoisotopic (exact) mass is 320 g/mol. The molecule has 132 valence electrons. The van der Waals surface area contributed by atoms with E-state index in [0.717, 1.165) is 29.7 Å². The van der Waals surface area contributed by atoms with E-state index in [4.69, 9.17) is 4.74 Å². The van der Waals surface area contributed by atoms with Crippen LogP contribution in [-0.2, 0) is 9.53 Å². The number of esters is 1. The van der Waals surface area contributed by atoms with Crippen LogP contribution in [0.3, 0.4) is 0 Å². The molecule has 0 N–H and O–H groups in total. The minimum Gasteiger partial charge on any atom is -0.466 e. The van der Waals surface area contributed by atoms with E-state index >= 15 is 0 Å². The highest BCUT2D eigenvalue weighted by atomic mass is 16.5. The van der Waals surface area contributed by atoms with Crippen LogP contribution in [0.2, 0.25) is 0 Å². The molecule has 2 rings (SSSR count). The molecule has 0 saturated heterocycles. The Balaban J connectivity index is 2.12. The van der Waals surface area contributed by atoms with Gasteiger partial charge in [0.2, 0.25) is 0 Å². The van der Waals surface area contributed by atoms with Gasteiger partial charge in [0.1, 0.15) is 0 Å². The first-order valence-corrected chi connectivity index (χ1v) is 9.46. The van der Waals surface area contributed by atoms with Crippen molar-refractivity contribution in [3.8, 4) is 0 Å². The van der Waals surface area contributed by atoms with Crippen LogP contribution in [0.25, 0.3) is 0 Å². The second-order valence-corrected chi connectivity index (χ2v) is 9.11. The summed E-state index contributed by atoms with van der Waals surface area (Å²) in [6, 6.07) is 0. The maximum absolute atomic E-state index is 11.4. The molecule has 0 aliphatic heterocycles. The largest absolute Gasteiger partial charge is 0.466 e. The van der Waals surface area contributed by atoms with Crippen LogP contribution in [0.4, 0.5) is 0 Å². The van der Waals surface area contributed by atoms with E-state index in [0.29, 0.717) is 10.8 Å². The molecular weight excluding hydrogens is 284 g/mol. The predicted octanol–water partition coefficient (Wildman–Crippen LogP) is 5.76. The molecule has 4 unspecified atom stereocenters. The highest BCUT2D eigenvalue weighted by Crippen LogP contribution is 2.62. The van der Waals surface area contributed by atoms with E-state index in [2.05, 4.69) is 34.6 Å². The Bertz CT molecular complexity index is 462. The molecule has 0 aromatic rings. The number of methoxy groups -OCH3 is 1. The van der Waals surface area contributed by atoms with Crippen LogP contribution in [0.5, 0.6) is 0 Å². The van der Waals surface area contributed by atoms with Gasteiger partial charge in [-0.05, 0) is 67.6 Å². The first-order valence-electron chi connectivity index (χ1n) is 9.46. The lowest BCUT2D eigenvalue weighted by molar-refractivity contribution is -0.134. The van der Waals surface area contributed by atoms with Gasteiger partial charge in [0.25, 0.3) is 0 Å². The summed E-state index contributed by atoms with van der Waals surface area (Å²) < 4.78 is 4.75. The fourth-order valence-electron chi connectivity index (χ4n) is 5.94. The third-order valence-electron chi connectivity index (χ3n) is 7.14. The Morgan fingerprint density at radius 3 is 2.57 bits per heavy atom. The fraction of sp³-hybridized carbons (Fsp3) is 0.857. The number of carbonyl (C=O) groups is 1. The van der Waals surface area contributed by atoms with Gasteiger partial charge >= 0.3 is 5.97 Å². The molecule has 0 aromatic heterocycles. The smallest absolute Gasteiger partial charge is 0.330 e. The molecule has 0 spiro atoms. The third kappa shape index (κ3) is 3.83. The predicted molar refractivity (Wildman–Crippen MR) is 96.1 cm³/mol. The highest BCUT2D eigenvalue weighted by molar-refractivity contribution is 5.82. The fourth-order valence-corrected chi connectivity index (χ4v) is 5.94. The summed E-state index contributed by atoms with van der Waals surface area (Å²) in [7, 11) is 1.45. The SMILES string of the molecule is COC(=O)C=C(C)CCC1C(C)CCC2C(C)(C)CCCC12C. The summed E-state index contributed by atoms with van der Waals surface area (Å²) in [5.41, 5.74) is 2.12. The zero-order valence-corrected chi connectivity index (χ0v) is 16.1. The van der Waals surface area contributed by atoms with Gasteiger partial charge < -0.3 is 4.74 Å². The average molecular weight is 321 g/mol. The van der Waals surface area contributed by atoms with Crippen molar-refractivity contribution in [1.29, 1.82) is 0 Å². The van der Waals surface area contributed by atoms with Gasteiger partial charge in [0.05, 0.1) is 7.11 Å². The molecule has 2 nitrogen and oxygen atoms in total. The Morgan fingerprint density at radius 1 is 1.22 bits per heavy atom. The minimum atomic E-state index is -0.220. The van der Waals surface area contributed by atoms with Crippen molar-refractivity contribution >= 4 is 5.97 Å². The number of hydrogen-bond acceptors (Lipinski definition) is 2. The Kier molecular flexibility index (Phi) is 5.63. The molecule has 2 fully saturated rings. The van der Waals surface area contributed by atoms with E-state index in [-0.39, 0.29) is 5.97 Å². The van der Waals surface area contributed by atoms with Gasteiger partial charge in [0, 0.05) is 6.08 Å². The summed E-state index contributed by atoms with van der Waals surface area (Å²) in [6.45, 7) is 12.1. The second kappa shape index (κ2) is 6.99. The molecule has 2 aliphatic carbocycles. The number of hydrogen-bond donors (Lipinski definition) is 0. The number of carbonyl (C=O) groups excluding carboxylic acids is 1. The molecular formula is C21H36O2. The van der Waals surface area contributed by atoms with Crippen molar-refractivity contribution < 1.29 is 9.53 Å². The molecule has 0 amide bonds. The molecule has 0 heterocycles. The number of fused-ring (bicyclic) bond motifs is 1. The maximum Gasteiger partial charge on any atom is 0.330 e. The minimum absolute atomic E-state index is 0.220. The molecule has 23 heavy (non-hydrogen) atoms. The summed E-state index contributed by atoms with van der Waals surface area (Å²) in [4.78, 5) is 11.4. The quantitative estimate of drug-likeness (QED) is 0.486. The van der Waals surface area contributed by atoms with Crippen LogP contribution >= 0.6 is 0 Å². The van der Waals surface area contributed by atoms with E-state index in [1.807, 2.05) is 0 Å². The standard InChI is InChI=1S/C21H36O2/c1-15(14-19(22)23-6)8-10-17-16(2)9-11-18-20(3,4)12-7-13-21(17,18)5/h14,16-18H,7-13H2,1-6H3.